The molecule has 22 heteroatoms. The van der Waals surface area contributed by atoms with Crippen LogP contribution in [0.2, 0.25) is 0 Å². The van der Waals surface area contributed by atoms with E-state index in [1.165, 1.54) is 20.8 Å². The van der Waals surface area contributed by atoms with Crippen molar-refractivity contribution in [2.45, 2.75) is 141 Å². The van der Waals surface area contributed by atoms with Crippen molar-refractivity contribution in [2.75, 3.05) is 19.8 Å². The average molecular weight is 893 g/mol. The zero-order chi connectivity index (χ0) is 43.8. The Morgan fingerprint density at radius 3 is 1.24 bits per heavy atom. The Hall–Kier alpha value is -3.04. The molecule has 3 aliphatic heterocycles. The van der Waals surface area contributed by atoms with Crippen LogP contribution in [0, 0.1) is 29.1 Å². The Kier molecular flexibility index (Phi) is 18.3. The Bertz CT molecular complexity index is 1500. The van der Waals surface area contributed by atoms with Crippen LogP contribution in [-0.2, 0) is 85.6 Å². The number of esters is 6. The maximum atomic E-state index is 12.4. The van der Waals surface area contributed by atoms with Crippen LogP contribution in [-0.4, -0.2) is 133 Å². The largest absolute Gasteiger partial charge is 0.463 e. The normalized spacial score (nSPS) is 35.1. The standard InChI is InChI=1S/C36H52Cl3NO18/c1-14-24(11-47-18(5)41)55-32(17(4)27(14)50-19(6)42)48-12-25-15(2)28(51-20(7)43)30(53-22(9)45)33(56-25)49-13-26-16(3)29(52-21(8)44)31(54-23(10)46)34(57-26)58-35(40)36(37,38)39/h14-17,24-34,40H,11-13H2,1-10H3/t14-,15-,16-,17-,24-,25-,26-,27+,28+,29+,30-,31-,32-,33-,34?/m1/s1. The molecule has 1 N–H and O–H groups in total. The van der Waals surface area contributed by atoms with Gasteiger partial charge in [0.1, 0.15) is 31.0 Å². The number of halogens is 3. The van der Waals surface area contributed by atoms with Gasteiger partial charge in [0, 0.05) is 65.2 Å². The molecule has 3 fully saturated rings. The fourth-order valence-corrected chi connectivity index (χ4v) is 7.00. The molecule has 19 nitrogen and oxygen atoms in total. The fraction of sp³-hybridized carbons (Fsp3) is 0.806. The maximum Gasteiger partial charge on any atom is 0.303 e. The SMILES string of the molecule is CC(=O)OC[C@H]1O[C@@H](OC[C@H]2O[C@@H](OC[C@H]3OC(OC(=N)C(Cl)(Cl)Cl)[C@H](OC(C)=O)[C@@H](OC(C)=O)[C@@H]3C)[C@H](OC(C)=O)[C@@H](OC(C)=O)[C@@H]2C)[C@H](C)[C@@H](OC(C)=O)[C@@H]1C. The summed E-state index contributed by atoms with van der Waals surface area (Å²) < 4.78 is 67.2. The fourth-order valence-electron chi connectivity index (χ4n) is 6.87. The molecule has 1 unspecified atom stereocenters. The van der Waals surface area contributed by atoms with Crippen LogP contribution in [0.15, 0.2) is 0 Å². The molecule has 3 saturated heterocycles. The number of alkyl halides is 3. The van der Waals surface area contributed by atoms with E-state index in [-0.39, 0.29) is 19.1 Å². The zero-order valence-electron chi connectivity index (χ0n) is 33.8. The molecule has 3 heterocycles. The van der Waals surface area contributed by atoms with Crippen LogP contribution < -0.4 is 0 Å². The maximum absolute atomic E-state index is 12.4. The van der Waals surface area contributed by atoms with Crippen LogP contribution in [0.25, 0.3) is 0 Å². The first-order chi connectivity index (χ1) is 26.9. The van der Waals surface area contributed by atoms with Gasteiger partial charge in [0.25, 0.3) is 3.79 Å². The Morgan fingerprint density at radius 2 is 0.810 bits per heavy atom. The van der Waals surface area contributed by atoms with Crippen molar-refractivity contribution in [1.29, 1.82) is 5.41 Å². The zero-order valence-corrected chi connectivity index (χ0v) is 36.0. The minimum absolute atomic E-state index is 0.134. The highest BCUT2D eigenvalue weighted by Gasteiger charge is 2.53. The highest BCUT2D eigenvalue weighted by atomic mass is 35.6. The number of hydrogen-bond donors (Lipinski definition) is 1. The molecule has 0 radical (unpaired) electrons. The summed E-state index contributed by atoms with van der Waals surface area (Å²) >= 11 is 17.5. The van der Waals surface area contributed by atoms with Gasteiger partial charge < -0.3 is 56.8 Å². The van der Waals surface area contributed by atoms with Crippen molar-refractivity contribution in [3.8, 4) is 0 Å². The van der Waals surface area contributed by atoms with Crippen molar-refractivity contribution in [3.63, 3.8) is 0 Å². The van der Waals surface area contributed by atoms with Crippen molar-refractivity contribution in [1.82, 2.24) is 0 Å². The summed E-state index contributed by atoms with van der Waals surface area (Å²) in [5.41, 5.74) is 0. The van der Waals surface area contributed by atoms with Gasteiger partial charge in [-0.2, -0.15) is 0 Å². The first-order valence-corrected chi connectivity index (χ1v) is 19.6. The molecule has 3 rings (SSSR count). The van der Waals surface area contributed by atoms with E-state index < -0.39 is 138 Å². The number of hydrogen-bond acceptors (Lipinski definition) is 19. The summed E-state index contributed by atoms with van der Waals surface area (Å²) in [5.74, 6) is -7.36. The van der Waals surface area contributed by atoms with Gasteiger partial charge in [0.15, 0.2) is 18.7 Å². The summed E-state index contributed by atoms with van der Waals surface area (Å²) in [5, 5.41) is 8.12. The molecule has 0 spiro atoms. The topological polar surface area (TPSA) is 237 Å². The lowest BCUT2D eigenvalue weighted by atomic mass is 9.85. The van der Waals surface area contributed by atoms with Gasteiger partial charge in [-0.15, -0.1) is 0 Å². The summed E-state index contributed by atoms with van der Waals surface area (Å²) in [6.45, 7) is 13.1. The van der Waals surface area contributed by atoms with Crippen molar-refractivity contribution >= 4 is 76.5 Å². The molecule has 330 valence electrons. The number of carbonyl (C=O) groups is 6. The van der Waals surface area contributed by atoms with Gasteiger partial charge in [-0.1, -0.05) is 62.5 Å². The van der Waals surface area contributed by atoms with Gasteiger partial charge in [-0.25, -0.2) is 0 Å². The molecule has 0 aliphatic carbocycles. The Labute approximate surface area is 350 Å². The van der Waals surface area contributed by atoms with Crippen molar-refractivity contribution in [3.05, 3.63) is 0 Å². The average Bonchev–Trinajstić information content (AvgIpc) is 3.09. The van der Waals surface area contributed by atoms with E-state index in [1.807, 2.05) is 0 Å². The summed E-state index contributed by atoms with van der Waals surface area (Å²) in [7, 11) is 0. The molecule has 15 atom stereocenters. The lowest BCUT2D eigenvalue weighted by Gasteiger charge is -2.47. The second-order valence-corrected chi connectivity index (χ2v) is 16.6. The molecule has 58 heavy (non-hydrogen) atoms. The quantitative estimate of drug-likeness (QED) is 0.0865. The molecule has 0 bridgehead atoms. The van der Waals surface area contributed by atoms with E-state index in [9.17, 15) is 28.8 Å². The van der Waals surface area contributed by atoms with E-state index >= 15 is 0 Å². The van der Waals surface area contributed by atoms with E-state index in [0.29, 0.717) is 0 Å². The minimum Gasteiger partial charge on any atom is -0.463 e. The molecule has 0 saturated carbocycles. The van der Waals surface area contributed by atoms with Crippen LogP contribution >= 0.6 is 34.8 Å². The first kappa shape index (κ1) is 49.3. The highest BCUT2D eigenvalue weighted by molar-refractivity contribution is 6.76. The second-order valence-electron chi connectivity index (χ2n) is 14.3. The lowest BCUT2D eigenvalue weighted by molar-refractivity contribution is -0.326. The highest BCUT2D eigenvalue weighted by Crippen LogP contribution is 2.38. The summed E-state index contributed by atoms with van der Waals surface area (Å²) in [6.07, 6.45) is -12.7. The molecular formula is C36H52Cl3NO18. The number of nitrogens with one attached hydrogen (secondary N) is 1. The molecule has 3 aliphatic rings. The minimum atomic E-state index is -2.36. The third-order valence-corrected chi connectivity index (χ3v) is 10.2. The molecule has 0 aromatic carbocycles. The molecular weight excluding hydrogens is 841 g/mol. The van der Waals surface area contributed by atoms with Gasteiger partial charge in [0.05, 0.1) is 25.4 Å². The number of carbonyl (C=O) groups excluding carboxylic acids is 6. The number of rotatable bonds is 14. The van der Waals surface area contributed by atoms with Crippen LogP contribution in [0.1, 0.15) is 69.2 Å². The number of ether oxygens (including phenoxy) is 12. The third kappa shape index (κ3) is 13.8. The predicted molar refractivity (Wildman–Crippen MR) is 198 cm³/mol. The van der Waals surface area contributed by atoms with E-state index in [4.69, 9.17) is 97.1 Å². The molecule has 0 aromatic rings. The van der Waals surface area contributed by atoms with Crippen molar-refractivity contribution < 1.29 is 85.6 Å². The van der Waals surface area contributed by atoms with Gasteiger partial charge in [0.2, 0.25) is 18.3 Å². The molecule has 0 aromatic heterocycles. The van der Waals surface area contributed by atoms with Gasteiger partial charge in [-0.05, 0) is 0 Å². The Balaban J connectivity index is 1.93. The smallest absolute Gasteiger partial charge is 0.303 e. The molecule has 0 amide bonds. The van der Waals surface area contributed by atoms with Crippen LogP contribution in [0.5, 0.6) is 0 Å². The monoisotopic (exact) mass is 891 g/mol. The first-order valence-electron chi connectivity index (χ1n) is 18.4. The van der Waals surface area contributed by atoms with Gasteiger partial charge >= 0.3 is 35.8 Å². The summed E-state index contributed by atoms with van der Waals surface area (Å²) in [4.78, 5) is 72.8. The lowest BCUT2D eigenvalue weighted by Crippen LogP contribution is -2.61. The van der Waals surface area contributed by atoms with E-state index in [1.54, 1.807) is 27.7 Å². The van der Waals surface area contributed by atoms with Crippen molar-refractivity contribution in [2.24, 2.45) is 23.7 Å². The van der Waals surface area contributed by atoms with Crippen LogP contribution in [0.4, 0.5) is 0 Å². The Morgan fingerprint density at radius 1 is 0.466 bits per heavy atom. The summed E-state index contributed by atoms with van der Waals surface area (Å²) in [6, 6.07) is 0. The van der Waals surface area contributed by atoms with Gasteiger partial charge in [-0.3, -0.25) is 34.2 Å². The second kappa shape index (κ2) is 21.5. The predicted octanol–water partition coefficient (Wildman–Crippen LogP) is 3.32. The van der Waals surface area contributed by atoms with Crippen LogP contribution in [0.3, 0.4) is 0 Å². The van der Waals surface area contributed by atoms with E-state index in [0.717, 1.165) is 20.8 Å². The van der Waals surface area contributed by atoms with E-state index in [2.05, 4.69) is 0 Å². The third-order valence-electron chi connectivity index (χ3n) is 9.67.